The standard InChI is InChI=1S/C29H33F3N6O4/c1-28(2,40)42-15-4-3-14-41-24-12-6-11-23(34-24)35-27(39)38-21-10-7-13-37(18-21)22-17-33-25(36-26(22)38)19-8-5-9-20(16-19)29(30,31)32/h5-6,8-9,11-12,16-17,21,40H,3-4,7,10,13-15,18H2,1-2H3,(H,34,35,39)/t21-/m0/s1. The van der Waals surface area contributed by atoms with Gasteiger partial charge in [0, 0.05) is 24.7 Å². The average Bonchev–Trinajstić information content (AvgIpc) is 2.94. The highest BCUT2D eigenvalue weighted by Crippen LogP contribution is 2.39. The van der Waals surface area contributed by atoms with Crippen molar-refractivity contribution in [2.24, 2.45) is 0 Å². The van der Waals surface area contributed by atoms with Crippen molar-refractivity contribution >= 4 is 23.4 Å². The lowest BCUT2D eigenvalue weighted by molar-refractivity contribution is -0.176. The number of rotatable bonds is 9. The van der Waals surface area contributed by atoms with Gasteiger partial charge in [0.25, 0.3) is 0 Å². The first kappa shape index (κ1) is 29.5. The summed E-state index contributed by atoms with van der Waals surface area (Å²) in [5, 5.41) is 12.4. The third-order valence-corrected chi connectivity index (χ3v) is 6.95. The van der Waals surface area contributed by atoms with E-state index in [0.29, 0.717) is 50.0 Å². The Balaban J connectivity index is 1.32. The first-order valence-electron chi connectivity index (χ1n) is 13.8. The summed E-state index contributed by atoms with van der Waals surface area (Å²) in [7, 11) is 0. The Morgan fingerprint density at radius 3 is 2.69 bits per heavy atom. The second-order valence-electron chi connectivity index (χ2n) is 10.7. The molecule has 42 heavy (non-hydrogen) atoms. The normalized spacial score (nSPS) is 16.7. The summed E-state index contributed by atoms with van der Waals surface area (Å²) in [4.78, 5) is 30.7. The Hall–Kier alpha value is -3.97. The van der Waals surface area contributed by atoms with Crippen LogP contribution in [0.4, 0.5) is 35.3 Å². The molecule has 13 heteroatoms. The fourth-order valence-corrected chi connectivity index (χ4v) is 5.00. The van der Waals surface area contributed by atoms with Gasteiger partial charge in [-0.05, 0) is 57.7 Å². The lowest BCUT2D eigenvalue weighted by atomic mass is 10.0. The topological polar surface area (TPSA) is 113 Å². The van der Waals surface area contributed by atoms with Gasteiger partial charge in [0.05, 0.1) is 36.7 Å². The summed E-state index contributed by atoms with van der Waals surface area (Å²) in [6.07, 6.45) is 0.0585. The molecule has 2 bridgehead atoms. The molecule has 2 aliphatic heterocycles. The molecule has 0 unspecified atom stereocenters. The molecular formula is C29H33F3N6O4. The lowest BCUT2D eigenvalue weighted by Crippen LogP contribution is -2.56. The number of halogens is 3. The highest BCUT2D eigenvalue weighted by atomic mass is 19.4. The lowest BCUT2D eigenvalue weighted by Gasteiger charge is -2.45. The molecule has 1 atom stereocenters. The van der Waals surface area contributed by atoms with Gasteiger partial charge in [-0.15, -0.1) is 0 Å². The number of piperidine rings is 1. The van der Waals surface area contributed by atoms with Crippen molar-refractivity contribution in [1.29, 1.82) is 0 Å². The van der Waals surface area contributed by atoms with Gasteiger partial charge in [0.1, 0.15) is 5.82 Å². The second kappa shape index (κ2) is 12.1. The smallest absolute Gasteiger partial charge is 0.416 e. The third-order valence-electron chi connectivity index (χ3n) is 6.95. The number of alkyl halides is 3. The molecule has 224 valence electrons. The molecule has 0 aliphatic carbocycles. The van der Waals surface area contributed by atoms with Crippen molar-refractivity contribution < 1.29 is 32.5 Å². The monoisotopic (exact) mass is 586 g/mol. The number of benzene rings is 1. The predicted octanol–water partition coefficient (Wildman–Crippen LogP) is 5.48. The van der Waals surface area contributed by atoms with Crippen LogP contribution in [0.3, 0.4) is 0 Å². The van der Waals surface area contributed by atoms with Crippen LogP contribution in [0.5, 0.6) is 5.88 Å². The van der Waals surface area contributed by atoms with E-state index in [4.69, 9.17) is 9.47 Å². The van der Waals surface area contributed by atoms with Crippen molar-refractivity contribution in [1.82, 2.24) is 15.0 Å². The van der Waals surface area contributed by atoms with Gasteiger partial charge in [-0.25, -0.2) is 14.8 Å². The number of hydrogen-bond donors (Lipinski definition) is 2. The number of nitrogens with zero attached hydrogens (tertiary/aromatic N) is 5. The number of amides is 2. The van der Waals surface area contributed by atoms with Crippen molar-refractivity contribution in [3.05, 3.63) is 54.2 Å². The van der Waals surface area contributed by atoms with Crippen molar-refractivity contribution in [2.45, 2.75) is 57.5 Å². The molecule has 2 aromatic heterocycles. The molecule has 0 radical (unpaired) electrons. The van der Waals surface area contributed by atoms with E-state index in [1.807, 2.05) is 0 Å². The Kier molecular flexibility index (Phi) is 8.50. The van der Waals surface area contributed by atoms with Crippen molar-refractivity contribution in [3.63, 3.8) is 0 Å². The molecule has 5 rings (SSSR count). The number of carbonyl (C=O) groups is 1. The maximum Gasteiger partial charge on any atom is 0.416 e. The first-order chi connectivity index (χ1) is 20.0. The van der Waals surface area contributed by atoms with Crippen molar-refractivity contribution in [3.8, 4) is 17.3 Å². The van der Waals surface area contributed by atoms with Gasteiger partial charge in [0.15, 0.2) is 17.4 Å². The molecule has 10 nitrogen and oxygen atoms in total. The van der Waals surface area contributed by atoms with E-state index in [-0.39, 0.29) is 23.2 Å². The van der Waals surface area contributed by atoms with Gasteiger partial charge >= 0.3 is 12.2 Å². The Morgan fingerprint density at radius 2 is 1.90 bits per heavy atom. The summed E-state index contributed by atoms with van der Waals surface area (Å²) < 4.78 is 51.0. The third kappa shape index (κ3) is 7.08. The molecule has 1 saturated heterocycles. The minimum atomic E-state index is -4.50. The number of unbranched alkanes of at least 4 members (excludes halogenated alkanes) is 1. The van der Waals surface area contributed by atoms with E-state index in [0.717, 1.165) is 31.5 Å². The zero-order valence-electron chi connectivity index (χ0n) is 23.4. The van der Waals surface area contributed by atoms with Crippen LogP contribution in [0.15, 0.2) is 48.7 Å². The maximum absolute atomic E-state index is 13.7. The maximum atomic E-state index is 13.7. The van der Waals surface area contributed by atoms with Gasteiger partial charge in [-0.1, -0.05) is 18.2 Å². The SMILES string of the molecule is CC(C)(O)OCCCCOc1cccc(NC(=O)N2c3nc(-c4cccc(C(F)(F)F)c4)ncc3N3CCC[C@H]2C3)n1. The number of hydrogen-bond acceptors (Lipinski definition) is 8. The van der Waals surface area contributed by atoms with Crippen LogP contribution in [0.2, 0.25) is 0 Å². The zero-order chi connectivity index (χ0) is 29.9. The van der Waals surface area contributed by atoms with E-state index < -0.39 is 23.6 Å². The molecule has 3 aromatic rings. The van der Waals surface area contributed by atoms with Crippen LogP contribution >= 0.6 is 0 Å². The molecule has 1 fully saturated rings. The highest BCUT2D eigenvalue weighted by Gasteiger charge is 2.39. The van der Waals surface area contributed by atoms with Crippen LogP contribution in [-0.2, 0) is 10.9 Å². The number of fused-ring (bicyclic) bond motifs is 4. The van der Waals surface area contributed by atoms with Crippen LogP contribution in [-0.4, -0.2) is 64.2 Å². The number of urea groups is 1. The Labute approximate surface area is 241 Å². The van der Waals surface area contributed by atoms with Gasteiger partial charge in [-0.2, -0.15) is 18.2 Å². The fraction of sp³-hybridized carbons (Fsp3) is 0.448. The van der Waals surface area contributed by atoms with E-state index in [9.17, 15) is 23.1 Å². The number of anilines is 3. The molecular weight excluding hydrogens is 553 g/mol. The summed E-state index contributed by atoms with van der Waals surface area (Å²) in [5.74, 6) is -0.110. The van der Waals surface area contributed by atoms with Crippen LogP contribution < -0.4 is 19.9 Å². The Bertz CT molecular complexity index is 1410. The number of nitrogens with one attached hydrogen (secondary N) is 1. The highest BCUT2D eigenvalue weighted by molar-refractivity contribution is 6.04. The first-order valence-corrected chi connectivity index (χ1v) is 13.8. The van der Waals surface area contributed by atoms with Gasteiger partial charge in [-0.3, -0.25) is 10.2 Å². The predicted molar refractivity (Wildman–Crippen MR) is 150 cm³/mol. The van der Waals surface area contributed by atoms with E-state index >= 15 is 0 Å². The molecule has 1 aromatic carbocycles. The van der Waals surface area contributed by atoms with Crippen LogP contribution in [0.1, 0.15) is 45.1 Å². The van der Waals surface area contributed by atoms with Crippen LogP contribution in [0, 0.1) is 0 Å². The van der Waals surface area contributed by atoms with E-state index in [2.05, 4.69) is 25.2 Å². The van der Waals surface area contributed by atoms with Gasteiger partial charge in [0.2, 0.25) is 5.88 Å². The zero-order valence-corrected chi connectivity index (χ0v) is 23.4. The van der Waals surface area contributed by atoms with Crippen molar-refractivity contribution in [2.75, 3.05) is 41.4 Å². The fourth-order valence-electron chi connectivity index (χ4n) is 5.00. The van der Waals surface area contributed by atoms with E-state index in [1.165, 1.54) is 12.1 Å². The minimum absolute atomic E-state index is 0.0975. The minimum Gasteiger partial charge on any atom is -0.478 e. The van der Waals surface area contributed by atoms with Gasteiger partial charge < -0.3 is 19.5 Å². The number of ether oxygens (including phenoxy) is 2. The molecule has 4 heterocycles. The molecule has 2 amide bonds. The number of aliphatic hydroxyl groups is 1. The summed E-state index contributed by atoms with van der Waals surface area (Å²) >= 11 is 0. The molecule has 2 aliphatic rings. The summed E-state index contributed by atoms with van der Waals surface area (Å²) in [6.45, 7) is 5.29. The quantitative estimate of drug-likeness (QED) is 0.250. The number of pyridine rings is 1. The Morgan fingerprint density at radius 1 is 1.12 bits per heavy atom. The van der Waals surface area contributed by atoms with Crippen LogP contribution in [0.25, 0.3) is 11.4 Å². The average molecular weight is 587 g/mol. The second-order valence-corrected chi connectivity index (χ2v) is 10.7. The molecule has 2 N–H and O–H groups in total. The molecule has 0 spiro atoms. The summed E-state index contributed by atoms with van der Waals surface area (Å²) in [5.41, 5.74) is 0.0551. The largest absolute Gasteiger partial charge is 0.478 e. The van der Waals surface area contributed by atoms with E-state index in [1.54, 1.807) is 43.1 Å². The number of aromatic nitrogens is 3. The number of carbonyl (C=O) groups excluding carboxylic acids is 1. The molecule has 0 saturated carbocycles. The summed E-state index contributed by atoms with van der Waals surface area (Å²) in [6, 6.07) is 9.25.